The van der Waals surface area contributed by atoms with Crippen LogP contribution in [0.15, 0.2) is 33.6 Å². The molecule has 1 aliphatic rings. The lowest BCUT2D eigenvalue weighted by atomic mass is 9.86. The molecule has 0 saturated heterocycles. The molecule has 106 valence electrons. The molecule has 0 radical (unpaired) electrons. The van der Waals surface area contributed by atoms with E-state index in [0.29, 0.717) is 10.8 Å². The number of benzene rings is 1. The van der Waals surface area contributed by atoms with Crippen LogP contribution in [-0.4, -0.2) is 25.8 Å². The van der Waals surface area contributed by atoms with Gasteiger partial charge in [-0.15, -0.1) is 0 Å². The van der Waals surface area contributed by atoms with Crippen molar-refractivity contribution in [3.05, 3.63) is 28.7 Å². The van der Waals surface area contributed by atoms with Crippen molar-refractivity contribution in [2.45, 2.75) is 43.5 Å². The lowest BCUT2D eigenvalue weighted by Gasteiger charge is -2.35. The fourth-order valence-corrected chi connectivity index (χ4v) is 4.53. The van der Waals surface area contributed by atoms with E-state index in [2.05, 4.69) is 22.9 Å². The number of sulfonamides is 1. The molecule has 3 nitrogen and oxygen atoms in total. The second kappa shape index (κ2) is 5.94. The maximum atomic E-state index is 12.6. The number of hydrogen-bond acceptors (Lipinski definition) is 2. The Morgan fingerprint density at radius 3 is 2.32 bits per heavy atom. The molecule has 2 atom stereocenters. The zero-order valence-corrected chi connectivity index (χ0v) is 13.7. The first-order valence-electron chi connectivity index (χ1n) is 6.66. The predicted molar refractivity (Wildman–Crippen MR) is 80.5 cm³/mol. The van der Waals surface area contributed by atoms with E-state index < -0.39 is 10.0 Å². The first kappa shape index (κ1) is 15.0. The molecule has 5 heteroatoms. The summed E-state index contributed by atoms with van der Waals surface area (Å²) < 4.78 is 27.7. The fraction of sp³-hybridized carbons (Fsp3) is 0.571. The quantitative estimate of drug-likeness (QED) is 0.838. The standard InChI is InChI=1S/C14H20BrNO2S/c1-11-5-3-4-6-14(11)16(2)19(17,18)13-9-7-12(15)8-10-13/h7-11,14H,3-6H2,1-2H3. The monoisotopic (exact) mass is 345 g/mol. The molecule has 0 aliphatic heterocycles. The van der Waals surface area contributed by atoms with E-state index >= 15 is 0 Å². The summed E-state index contributed by atoms with van der Waals surface area (Å²) in [5.41, 5.74) is 0. The van der Waals surface area contributed by atoms with E-state index in [1.807, 2.05) is 0 Å². The molecule has 1 aliphatic carbocycles. The minimum absolute atomic E-state index is 0.127. The molecule has 1 aromatic carbocycles. The molecule has 1 aromatic rings. The zero-order valence-electron chi connectivity index (χ0n) is 11.3. The lowest BCUT2D eigenvalue weighted by Crippen LogP contribution is -2.42. The minimum atomic E-state index is -3.38. The average Bonchev–Trinajstić information content (AvgIpc) is 2.39. The largest absolute Gasteiger partial charge is 0.243 e. The van der Waals surface area contributed by atoms with Crippen LogP contribution in [0.4, 0.5) is 0 Å². The highest BCUT2D eigenvalue weighted by molar-refractivity contribution is 9.10. The van der Waals surface area contributed by atoms with Crippen LogP contribution in [0.5, 0.6) is 0 Å². The molecule has 0 bridgehead atoms. The van der Waals surface area contributed by atoms with Gasteiger partial charge in [0.2, 0.25) is 10.0 Å². The first-order valence-corrected chi connectivity index (χ1v) is 8.90. The number of hydrogen-bond donors (Lipinski definition) is 0. The Labute approximate surface area is 124 Å². The second-order valence-electron chi connectivity index (χ2n) is 5.30. The molecule has 0 heterocycles. The molecular formula is C14H20BrNO2S. The van der Waals surface area contributed by atoms with E-state index in [1.165, 1.54) is 6.42 Å². The highest BCUT2D eigenvalue weighted by Gasteiger charge is 2.32. The van der Waals surface area contributed by atoms with E-state index in [4.69, 9.17) is 0 Å². The van der Waals surface area contributed by atoms with Crippen molar-refractivity contribution in [1.82, 2.24) is 4.31 Å². The summed E-state index contributed by atoms with van der Waals surface area (Å²) in [6.45, 7) is 2.15. The van der Waals surface area contributed by atoms with Crippen LogP contribution in [0.25, 0.3) is 0 Å². The van der Waals surface area contributed by atoms with E-state index in [-0.39, 0.29) is 6.04 Å². The van der Waals surface area contributed by atoms with Gasteiger partial charge in [-0.2, -0.15) is 4.31 Å². The van der Waals surface area contributed by atoms with Crippen LogP contribution in [0.3, 0.4) is 0 Å². The third-order valence-electron chi connectivity index (χ3n) is 4.02. The normalized spacial score (nSPS) is 24.6. The van der Waals surface area contributed by atoms with Gasteiger partial charge < -0.3 is 0 Å². The van der Waals surface area contributed by atoms with Crippen LogP contribution >= 0.6 is 15.9 Å². The molecule has 0 spiro atoms. The molecule has 2 rings (SSSR count). The molecule has 0 N–H and O–H groups in total. The van der Waals surface area contributed by atoms with Crippen LogP contribution in [-0.2, 0) is 10.0 Å². The van der Waals surface area contributed by atoms with Crippen molar-refractivity contribution in [3.63, 3.8) is 0 Å². The molecule has 1 fully saturated rings. The van der Waals surface area contributed by atoms with Gasteiger partial charge in [-0.05, 0) is 43.0 Å². The van der Waals surface area contributed by atoms with Gasteiger partial charge in [-0.25, -0.2) is 8.42 Å². The summed E-state index contributed by atoms with van der Waals surface area (Å²) in [6, 6.07) is 6.98. The summed E-state index contributed by atoms with van der Waals surface area (Å²) in [4.78, 5) is 0.371. The Balaban J connectivity index is 2.25. The molecule has 19 heavy (non-hydrogen) atoms. The van der Waals surface area contributed by atoms with Crippen LogP contribution in [0, 0.1) is 5.92 Å². The van der Waals surface area contributed by atoms with E-state index in [9.17, 15) is 8.42 Å². The maximum absolute atomic E-state index is 12.6. The summed E-state index contributed by atoms with van der Waals surface area (Å²) in [7, 11) is -1.66. The Morgan fingerprint density at radius 1 is 1.16 bits per heavy atom. The SMILES string of the molecule is CC1CCCCC1N(C)S(=O)(=O)c1ccc(Br)cc1. The van der Waals surface area contributed by atoms with E-state index in [0.717, 1.165) is 23.7 Å². The van der Waals surface area contributed by atoms with Gasteiger partial charge in [0.25, 0.3) is 0 Å². The van der Waals surface area contributed by atoms with Crippen molar-refractivity contribution < 1.29 is 8.42 Å². The summed E-state index contributed by atoms with van der Waals surface area (Å²) in [5.74, 6) is 0.434. The Morgan fingerprint density at radius 2 is 1.74 bits per heavy atom. The van der Waals surface area contributed by atoms with Crippen molar-refractivity contribution in [1.29, 1.82) is 0 Å². The summed E-state index contributed by atoms with van der Waals surface area (Å²) in [5, 5.41) is 0. The highest BCUT2D eigenvalue weighted by atomic mass is 79.9. The van der Waals surface area contributed by atoms with Crippen molar-refractivity contribution in [2.75, 3.05) is 7.05 Å². The Kier molecular flexibility index (Phi) is 4.69. The minimum Gasteiger partial charge on any atom is -0.207 e. The summed E-state index contributed by atoms with van der Waals surface area (Å²) in [6.07, 6.45) is 4.41. The van der Waals surface area contributed by atoms with E-state index in [1.54, 1.807) is 35.6 Å². The topological polar surface area (TPSA) is 37.4 Å². The van der Waals surface area contributed by atoms with Gasteiger partial charge in [0.1, 0.15) is 0 Å². The van der Waals surface area contributed by atoms with Gasteiger partial charge >= 0.3 is 0 Å². The fourth-order valence-electron chi connectivity index (χ4n) is 2.79. The third kappa shape index (κ3) is 3.20. The lowest BCUT2D eigenvalue weighted by molar-refractivity contribution is 0.213. The van der Waals surface area contributed by atoms with Gasteiger partial charge in [0, 0.05) is 17.6 Å². The number of halogens is 1. The smallest absolute Gasteiger partial charge is 0.207 e. The Hall–Kier alpha value is -0.390. The van der Waals surface area contributed by atoms with Crippen molar-refractivity contribution >= 4 is 26.0 Å². The highest BCUT2D eigenvalue weighted by Crippen LogP contribution is 2.30. The zero-order chi connectivity index (χ0) is 14.0. The molecule has 0 amide bonds. The molecule has 0 aromatic heterocycles. The second-order valence-corrected chi connectivity index (χ2v) is 8.22. The molecule has 2 unspecified atom stereocenters. The first-order chi connectivity index (χ1) is 8.93. The van der Waals surface area contributed by atoms with Gasteiger partial charge in [0.05, 0.1) is 4.90 Å². The summed E-state index contributed by atoms with van der Waals surface area (Å²) >= 11 is 3.33. The van der Waals surface area contributed by atoms with Gasteiger partial charge in [0.15, 0.2) is 0 Å². The predicted octanol–water partition coefficient (Wildman–Crippen LogP) is 3.65. The number of nitrogens with zero attached hydrogens (tertiary/aromatic N) is 1. The Bertz CT molecular complexity index is 527. The van der Waals surface area contributed by atoms with Crippen LogP contribution in [0.2, 0.25) is 0 Å². The number of rotatable bonds is 3. The van der Waals surface area contributed by atoms with Crippen LogP contribution < -0.4 is 0 Å². The molecule has 1 saturated carbocycles. The molecular weight excluding hydrogens is 326 g/mol. The van der Waals surface area contributed by atoms with Gasteiger partial charge in [-0.3, -0.25) is 0 Å². The average molecular weight is 346 g/mol. The van der Waals surface area contributed by atoms with Gasteiger partial charge in [-0.1, -0.05) is 35.7 Å². The van der Waals surface area contributed by atoms with Crippen molar-refractivity contribution in [3.8, 4) is 0 Å². The van der Waals surface area contributed by atoms with Crippen molar-refractivity contribution in [2.24, 2.45) is 5.92 Å². The third-order valence-corrected chi connectivity index (χ3v) is 6.45. The van der Waals surface area contributed by atoms with Crippen LogP contribution in [0.1, 0.15) is 32.6 Å². The maximum Gasteiger partial charge on any atom is 0.243 e.